The Morgan fingerprint density at radius 1 is 0.897 bits per heavy atom. The molecule has 2 unspecified atom stereocenters. The highest BCUT2D eigenvalue weighted by Gasteiger charge is 2.48. The predicted molar refractivity (Wildman–Crippen MR) is 151 cm³/mol. The molecule has 222 valence electrons. The van der Waals surface area contributed by atoms with E-state index in [0.717, 1.165) is 0 Å². The number of hydrogen-bond acceptors (Lipinski definition) is 7. The summed E-state index contributed by atoms with van der Waals surface area (Å²) in [5.74, 6) is -0.785. The lowest BCUT2D eigenvalue weighted by Gasteiger charge is -2.44. The Morgan fingerprint density at radius 3 is 1.92 bits per heavy atom. The fourth-order valence-electron chi connectivity index (χ4n) is 4.07. The largest absolute Gasteiger partial charge is 0.365 e. The van der Waals surface area contributed by atoms with E-state index < -0.39 is 55.2 Å². The Morgan fingerprint density at radius 2 is 1.44 bits per heavy atom. The van der Waals surface area contributed by atoms with Crippen LogP contribution in [0.2, 0.25) is 0 Å². The van der Waals surface area contributed by atoms with Gasteiger partial charge in [-0.2, -0.15) is 8.42 Å². The normalized spacial score (nSPS) is 15.0. The second-order valence-electron chi connectivity index (χ2n) is 13.0. The maximum absolute atomic E-state index is 13.4. The van der Waals surface area contributed by atoms with E-state index in [2.05, 4.69) is 5.32 Å². The van der Waals surface area contributed by atoms with Crippen LogP contribution in [0.25, 0.3) is 0 Å². The number of carbonyl (C=O) groups is 3. The van der Waals surface area contributed by atoms with E-state index in [1.165, 1.54) is 24.3 Å². The minimum absolute atomic E-state index is 0.0176. The Balaban J connectivity index is 3.05. The number of rotatable bonds is 13. The molecular formula is C29H47NO8S. The van der Waals surface area contributed by atoms with Gasteiger partial charge in [0.1, 0.15) is 17.1 Å². The van der Waals surface area contributed by atoms with Crippen molar-refractivity contribution in [2.24, 2.45) is 10.8 Å². The second kappa shape index (κ2) is 12.6. The van der Waals surface area contributed by atoms with Crippen LogP contribution >= 0.6 is 0 Å². The molecule has 0 aliphatic carbocycles. The maximum atomic E-state index is 13.4. The van der Waals surface area contributed by atoms with E-state index in [1.807, 2.05) is 20.8 Å². The number of hydrogen-bond donors (Lipinski definition) is 2. The van der Waals surface area contributed by atoms with Gasteiger partial charge in [-0.05, 0) is 66.5 Å². The van der Waals surface area contributed by atoms with Gasteiger partial charge in [0.05, 0.1) is 22.3 Å². The Bertz CT molecular complexity index is 1140. The SMILES string of the molecule is CC(OC(C)(C)C)C(=O)C(C)(C)C(C)(C)OC(CCCC(=O)Nc1ccccc1S(=O)(=O)O)C(=O)C(C)(C)C. The molecule has 1 aromatic rings. The third-order valence-electron chi connectivity index (χ3n) is 6.80. The van der Waals surface area contributed by atoms with Gasteiger partial charge in [-0.3, -0.25) is 18.9 Å². The average Bonchev–Trinajstić information content (AvgIpc) is 2.74. The van der Waals surface area contributed by atoms with Crippen LogP contribution in [-0.2, 0) is 34.0 Å². The first-order valence-electron chi connectivity index (χ1n) is 13.2. The van der Waals surface area contributed by atoms with Crippen LogP contribution in [0.5, 0.6) is 0 Å². The molecule has 0 aromatic heterocycles. The summed E-state index contributed by atoms with van der Waals surface area (Å²) in [5, 5.41) is 2.51. The van der Waals surface area contributed by atoms with Crippen molar-refractivity contribution < 1.29 is 36.8 Å². The summed E-state index contributed by atoms with van der Waals surface area (Å²) in [6, 6.07) is 5.54. The summed E-state index contributed by atoms with van der Waals surface area (Å²) in [4.78, 5) is 39.0. The van der Waals surface area contributed by atoms with E-state index in [1.54, 1.807) is 55.4 Å². The molecular weight excluding hydrogens is 522 g/mol. The molecule has 0 bridgehead atoms. The highest BCUT2D eigenvalue weighted by Crippen LogP contribution is 2.39. The Labute approximate surface area is 234 Å². The predicted octanol–water partition coefficient (Wildman–Crippen LogP) is 5.62. The van der Waals surface area contributed by atoms with E-state index in [9.17, 15) is 27.4 Å². The molecule has 1 aromatic carbocycles. The minimum Gasteiger partial charge on any atom is -0.365 e. The smallest absolute Gasteiger partial charge is 0.296 e. The van der Waals surface area contributed by atoms with Crippen molar-refractivity contribution in [3.05, 3.63) is 24.3 Å². The number of ketones is 2. The van der Waals surface area contributed by atoms with Crippen LogP contribution in [-0.4, -0.2) is 53.9 Å². The summed E-state index contributed by atoms with van der Waals surface area (Å²) in [7, 11) is -4.51. The Hall–Kier alpha value is -2.14. The van der Waals surface area contributed by atoms with Crippen molar-refractivity contribution in [2.75, 3.05) is 5.32 Å². The summed E-state index contributed by atoms with van der Waals surface area (Å²) < 4.78 is 44.9. The molecule has 0 aliphatic heterocycles. The number of nitrogens with one attached hydrogen (secondary N) is 1. The fourth-order valence-corrected chi connectivity index (χ4v) is 4.72. The first-order valence-corrected chi connectivity index (χ1v) is 14.6. The molecule has 10 heteroatoms. The van der Waals surface area contributed by atoms with E-state index in [-0.39, 0.29) is 36.5 Å². The molecule has 39 heavy (non-hydrogen) atoms. The van der Waals surface area contributed by atoms with Gasteiger partial charge < -0.3 is 14.8 Å². The molecule has 0 radical (unpaired) electrons. The van der Waals surface area contributed by atoms with Crippen molar-refractivity contribution in [2.45, 2.75) is 124 Å². The molecule has 2 N–H and O–H groups in total. The standard InChI is InChI=1S/C29H47NO8S/c1-19(37-27(5,6)7)24(32)28(8,9)29(10,11)38-21(25(33)26(2,3)4)16-14-18-23(31)30-20-15-12-13-17-22(20)39(34,35)36/h12-13,15,17,19,21H,14,16,18H2,1-11H3,(H,30,31)(H,34,35,36). The average molecular weight is 570 g/mol. The van der Waals surface area contributed by atoms with Crippen LogP contribution in [0, 0.1) is 10.8 Å². The van der Waals surface area contributed by atoms with Crippen LogP contribution < -0.4 is 5.32 Å². The van der Waals surface area contributed by atoms with Gasteiger partial charge in [-0.15, -0.1) is 0 Å². The highest BCUT2D eigenvalue weighted by molar-refractivity contribution is 7.86. The maximum Gasteiger partial charge on any atom is 0.296 e. The van der Waals surface area contributed by atoms with E-state index in [4.69, 9.17) is 9.47 Å². The molecule has 0 spiro atoms. The van der Waals surface area contributed by atoms with Crippen LogP contribution in [0.4, 0.5) is 5.69 Å². The Kier molecular flexibility index (Phi) is 11.3. The zero-order valence-corrected chi connectivity index (χ0v) is 26.1. The lowest BCUT2D eigenvalue weighted by Crippen LogP contribution is -2.54. The molecule has 1 amide bonds. The molecule has 1 rings (SSSR count). The number of anilines is 1. The van der Waals surface area contributed by atoms with Gasteiger partial charge in [0.25, 0.3) is 10.1 Å². The summed E-state index contributed by atoms with van der Waals surface area (Å²) >= 11 is 0. The molecule has 0 heterocycles. The van der Waals surface area contributed by atoms with Gasteiger partial charge in [0.15, 0.2) is 11.6 Å². The van der Waals surface area contributed by atoms with E-state index in [0.29, 0.717) is 0 Å². The molecule has 9 nitrogen and oxygen atoms in total. The van der Waals surface area contributed by atoms with Crippen molar-refractivity contribution in [1.29, 1.82) is 0 Å². The zero-order chi connectivity index (χ0) is 30.6. The number of benzene rings is 1. The molecule has 2 atom stereocenters. The highest BCUT2D eigenvalue weighted by atomic mass is 32.2. The summed E-state index contributed by atoms with van der Waals surface area (Å²) in [6.07, 6.45) is -1.11. The summed E-state index contributed by atoms with van der Waals surface area (Å²) in [5.41, 5.74) is -3.33. The molecule has 0 saturated carbocycles. The molecule has 0 saturated heterocycles. The quantitative estimate of drug-likeness (QED) is 0.292. The zero-order valence-electron chi connectivity index (χ0n) is 25.3. The van der Waals surface area contributed by atoms with Crippen molar-refractivity contribution in [3.63, 3.8) is 0 Å². The summed E-state index contributed by atoms with van der Waals surface area (Å²) in [6.45, 7) is 19.8. The number of ether oxygens (including phenoxy) is 2. The van der Waals surface area contributed by atoms with Crippen LogP contribution in [0.1, 0.15) is 95.4 Å². The number of carbonyl (C=O) groups excluding carboxylic acids is 3. The van der Waals surface area contributed by atoms with Gasteiger partial charge in [0.2, 0.25) is 5.91 Å². The third-order valence-corrected chi connectivity index (χ3v) is 7.71. The van der Waals surface area contributed by atoms with Crippen molar-refractivity contribution in [3.8, 4) is 0 Å². The third kappa shape index (κ3) is 10.1. The van der Waals surface area contributed by atoms with Crippen molar-refractivity contribution >= 4 is 33.3 Å². The fraction of sp³-hybridized carbons (Fsp3) is 0.690. The first-order chi connectivity index (χ1) is 17.4. The van der Waals surface area contributed by atoms with Gasteiger partial charge in [0, 0.05) is 11.8 Å². The molecule has 0 fully saturated rings. The van der Waals surface area contributed by atoms with E-state index >= 15 is 0 Å². The van der Waals surface area contributed by atoms with Gasteiger partial charge >= 0.3 is 0 Å². The first kappa shape index (κ1) is 34.9. The van der Waals surface area contributed by atoms with Gasteiger partial charge in [-0.25, -0.2) is 0 Å². The monoisotopic (exact) mass is 569 g/mol. The van der Waals surface area contributed by atoms with Crippen molar-refractivity contribution in [1.82, 2.24) is 0 Å². The lowest BCUT2D eigenvalue weighted by atomic mass is 9.71. The second-order valence-corrected chi connectivity index (χ2v) is 14.4. The minimum atomic E-state index is -4.51. The van der Waals surface area contributed by atoms with Gasteiger partial charge in [-0.1, -0.05) is 46.8 Å². The number of Topliss-reactive ketones (excluding diaryl/α,β-unsaturated/α-hetero) is 2. The topological polar surface area (TPSA) is 136 Å². The number of amides is 1. The number of para-hydroxylation sites is 1. The molecule has 0 aliphatic rings. The van der Waals surface area contributed by atoms with Crippen LogP contribution in [0.15, 0.2) is 29.2 Å². The van der Waals surface area contributed by atoms with Crippen LogP contribution in [0.3, 0.4) is 0 Å². The lowest BCUT2D eigenvalue weighted by molar-refractivity contribution is -0.181.